The normalized spacial score (nSPS) is 10.4. The predicted octanol–water partition coefficient (Wildman–Crippen LogP) is 1.91. The standard InChI is InChI=1S/C10H14O2/c1-4-5-10(7-11,8-12)6-9(2)3/h4,7-8H,1-2,5-6H2,3H3. The summed E-state index contributed by atoms with van der Waals surface area (Å²) in [6.45, 7) is 8.96. The van der Waals surface area contributed by atoms with E-state index in [-0.39, 0.29) is 0 Å². The van der Waals surface area contributed by atoms with Crippen molar-refractivity contribution < 1.29 is 9.59 Å². The molecule has 0 aromatic rings. The van der Waals surface area contributed by atoms with Gasteiger partial charge in [-0.1, -0.05) is 11.6 Å². The summed E-state index contributed by atoms with van der Waals surface area (Å²) >= 11 is 0. The van der Waals surface area contributed by atoms with Crippen LogP contribution in [0.25, 0.3) is 0 Å². The summed E-state index contributed by atoms with van der Waals surface area (Å²) in [6.07, 6.45) is 3.72. The Morgan fingerprint density at radius 2 is 1.92 bits per heavy atom. The highest BCUT2D eigenvalue weighted by Crippen LogP contribution is 2.25. The molecule has 0 atom stereocenters. The maximum atomic E-state index is 10.7. The van der Waals surface area contributed by atoms with Crippen LogP contribution in [0.2, 0.25) is 0 Å². The van der Waals surface area contributed by atoms with Crippen molar-refractivity contribution in [2.75, 3.05) is 0 Å². The van der Waals surface area contributed by atoms with Crippen LogP contribution in [0, 0.1) is 5.41 Å². The van der Waals surface area contributed by atoms with E-state index in [1.807, 2.05) is 0 Å². The maximum absolute atomic E-state index is 10.7. The minimum atomic E-state index is -0.923. The third-order valence-corrected chi connectivity index (χ3v) is 1.62. The molecule has 2 nitrogen and oxygen atoms in total. The van der Waals surface area contributed by atoms with Gasteiger partial charge < -0.3 is 9.59 Å². The third-order valence-electron chi connectivity index (χ3n) is 1.62. The van der Waals surface area contributed by atoms with Gasteiger partial charge in [-0.15, -0.1) is 13.2 Å². The molecule has 0 bridgehead atoms. The molecule has 0 aliphatic rings. The molecule has 0 saturated heterocycles. The van der Waals surface area contributed by atoms with Gasteiger partial charge in [0, 0.05) is 0 Å². The highest BCUT2D eigenvalue weighted by molar-refractivity contribution is 5.84. The number of carbonyl (C=O) groups is 2. The van der Waals surface area contributed by atoms with E-state index in [4.69, 9.17) is 0 Å². The monoisotopic (exact) mass is 166 g/mol. The highest BCUT2D eigenvalue weighted by Gasteiger charge is 2.27. The Morgan fingerprint density at radius 1 is 1.42 bits per heavy atom. The van der Waals surface area contributed by atoms with Gasteiger partial charge in [-0.2, -0.15) is 0 Å². The Balaban J connectivity index is 4.55. The zero-order valence-corrected chi connectivity index (χ0v) is 7.38. The smallest absolute Gasteiger partial charge is 0.133 e. The number of aldehydes is 2. The Labute approximate surface area is 73.0 Å². The van der Waals surface area contributed by atoms with Crippen molar-refractivity contribution in [1.82, 2.24) is 0 Å². The molecule has 0 N–H and O–H groups in total. The molecule has 0 aliphatic heterocycles. The van der Waals surface area contributed by atoms with Gasteiger partial charge in [-0.05, 0) is 19.8 Å². The van der Waals surface area contributed by atoms with Gasteiger partial charge in [0.25, 0.3) is 0 Å². The number of hydrogen-bond acceptors (Lipinski definition) is 2. The lowest BCUT2D eigenvalue weighted by Gasteiger charge is -2.18. The first-order valence-electron chi connectivity index (χ1n) is 3.78. The number of carbonyl (C=O) groups excluding carboxylic acids is 2. The van der Waals surface area contributed by atoms with Crippen LogP contribution in [0.1, 0.15) is 19.8 Å². The first-order valence-corrected chi connectivity index (χ1v) is 3.78. The minimum Gasteiger partial charge on any atom is -0.302 e. The number of allylic oxidation sites excluding steroid dienone is 2. The SMILES string of the molecule is C=CCC(C=O)(C=O)CC(=C)C. The van der Waals surface area contributed by atoms with E-state index in [9.17, 15) is 9.59 Å². The summed E-state index contributed by atoms with van der Waals surface area (Å²) in [4.78, 5) is 21.3. The Morgan fingerprint density at radius 3 is 2.17 bits per heavy atom. The van der Waals surface area contributed by atoms with Crippen molar-refractivity contribution >= 4 is 12.6 Å². The van der Waals surface area contributed by atoms with E-state index in [0.717, 1.165) is 5.57 Å². The van der Waals surface area contributed by atoms with Crippen LogP contribution in [-0.2, 0) is 9.59 Å². The summed E-state index contributed by atoms with van der Waals surface area (Å²) in [5.41, 5.74) is -0.0934. The van der Waals surface area contributed by atoms with Crippen LogP contribution in [0.3, 0.4) is 0 Å². The van der Waals surface area contributed by atoms with Gasteiger partial charge in [0.1, 0.15) is 12.6 Å². The van der Waals surface area contributed by atoms with Gasteiger partial charge in [0.2, 0.25) is 0 Å². The van der Waals surface area contributed by atoms with Crippen LogP contribution in [-0.4, -0.2) is 12.6 Å². The van der Waals surface area contributed by atoms with Crippen LogP contribution >= 0.6 is 0 Å². The Hall–Kier alpha value is -1.18. The summed E-state index contributed by atoms with van der Waals surface area (Å²) in [5.74, 6) is 0. The summed E-state index contributed by atoms with van der Waals surface area (Å²) in [6, 6.07) is 0. The quantitative estimate of drug-likeness (QED) is 0.343. The van der Waals surface area contributed by atoms with E-state index in [2.05, 4.69) is 13.2 Å². The first kappa shape index (κ1) is 10.8. The fourth-order valence-corrected chi connectivity index (χ4v) is 1.11. The largest absolute Gasteiger partial charge is 0.302 e. The molecular weight excluding hydrogens is 152 g/mol. The summed E-state index contributed by atoms with van der Waals surface area (Å²) in [5, 5.41) is 0. The van der Waals surface area contributed by atoms with Crippen molar-refractivity contribution in [1.29, 1.82) is 0 Å². The van der Waals surface area contributed by atoms with E-state index in [1.165, 1.54) is 0 Å². The van der Waals surface area contributed by atoms with Crippen molar-refractivity contribution in [2.45, 2.75) is 19.8 Å². The molecule has 0 spiro atoms. The molecule has 0 heterocycles. The second-order valence-electron chi connectivity index (χ2n) is 3.10. The molecule has 0 aliphatic carbocycles. The topological polar surface area (TPSA) is 34.1 Å². The van der Waals surface area contributed by atoms with E-state index >= 15 is 0 Å². The van der Waals surface area contributed by atoms with E-state index in [0.29, 0.717) is 25.4 Å². The average Bonchev–Trinajstić information content (AvgIpc) is 2.03. The molecule has 0 fully saturated rings. The van der Waals surface area contributed by atoms with E-state index < -0.39 is 5.41 Å². The fraction of sp³-hybridized carbons (Fsp3) is 0.400. The van der Waals surface area contributed by atoms with Crippen LogP contribution in [0.15, 0.2) is 24.8 Å². The molecule has 66 valence electrons. The van der Waals surface area contributed by atoms with Crippen LogP contribution in [0.5, 0.6) is 0 Å². The summed E-state index contributed by atoms with van der Waals surface area (Å²) < 4.78 is 0. The zero-order chi connectivity index (χ0) is 9.61. The number of hydrogen-bond donors (Lipinski definition) is 0. The van der Waals surface area contributed by atoms with Gasteiger partial charge in [-0.25, -0.2) is 0 Å². The van der Waals surface area contributed by atoms with Crippen molar-refractivity contribution in [2.24, 2.45) is 5.41 Å². The van der Waals surface area contributed by atoms with Gasteiger partial charge in [-0.3, -0.25) is 0 Å². The molecular formula is C10H14O2. The molecule has 2 heteroatoms. The summed E-state index contributed by atoms with van der Waals surface area (Å²) in [7, 11) is 0. The molecule has 0 rings (SSSR count). The first-order chi connectivity index (χ1) is 5.60. The molecule has 0 aromatic carbocycles. The van der Waals surface area contributed by atoms with Crippen molar-refractivity contribution in [3.05, 3.63) is 24.8 Å². The molecule has 0 unspecified atom stereocenters. The molecule has 0 aromatic heterocycles. The fourth-order valence-electron chi connectivity index (χ4n) is 1.11. The molecule has 0 amide bonds. The van der Waals surface area contributed by atoms with Gasteiger partial charge >= 0.3 is 0 Å². The molecule has 0 saturated carbocycles. The average molecular weight is 166 g/mol. The van der Waals surface area contributed by atoms with E-state index in [1.54, 1.807) is 13.0 Å². The third kappa shape index (κ3) is 2.82. The number of rotatable bonds is 6. The van der Waals surface area contributed by atoms with Gasteiger partial charge in [0.05, 0.1) is 5.41 Å². The molecule has 12 heavy (non-hydrogen) atoms. The predicted molar refractivity (Wildman–Crippen MR) is 48.8 cm³/mol. The second kappa shape index (κ2) is 4.65. The van der Waals surface area contributed by atoms with Crippen LogP contribution < -0.4 is 0 Å². The Kier molecular flexibility index (Phi) is 4.19. The molecule has 0 radical (unpaired) electrons. The van der Waals surface area contributed by atoms with Crippen LogP contribution in [0.4, 0.5) is 0 Å². The lowest BCUT2D eigenvalue weighted by atomic mass is 9.82. The van der Waals surface area contributed by atoms with Crippen molar-refractivity contribution in [3.8, 4) is 0 Å². The second-order valence-corrected chi connectivity index (χ2v) is 3.10. The lowest BCUT2D eigenvalue weighted by Crippen LogP contribution is -2.23. The minimum absolute atomic E-state index is 0.382. The Bertz CT molecular complexity index is 196. The zero-order valence-electron chi connectivity index (χ0n) is 7.38. The maximum Gasteiger partial charge on any atom is 0.133 e. The lowest BCUT2D eigenvalue weighted by molar-refractivity contribution is -0.126. The highest BCUT2D eigenvalue weighted by atomic mass is 16.1. The van der Waals surface area contributed by atoms with Crippen molar-refractivity contribution in [3.63, 3.8) is 0 Å². The van der Waals surface area contributed by atoms with Gasteiger partial charge in [0.15, 0.2) is 0 Å².